The number of fused-ring (bicyclic) bond motifs is 1. The van der Waals surface area contributed by atoms with Gasteiger partial charge in [-0.2, -0.15) is 0 Å². The number of nitro benzene ring substituents is 1. The molecule has 5 aromatic rings. The lowest BCUT2D eigenvalue weighted by Gasteiger charge is -2.40. The molecule has 1 aliphatic rings. The maximum atomic E-state index is 10.8. The van der Waals surface area contributed by atoms with Crippen LogP contribution < -0.4 is 14.8 Å². The van der Waals surface area contributed by atoms with Crippen molar-refractivity contribution < 1.29 is 29.0 Å². The molecule has 11 nitrogen and oxygen atoms in total. The molecular formula is C37H40N4O7. The van der Waals surface area contributed by atoms with E-state index < -0.39 is 17.3 Å². The Morgan fingerprint density at radius 1 is 0.938 bits per heavy atom. The largest absolute Gasteiger partial charge is 0.493 e. The van der Waals surface area contributed by atoms with E-state index in [-0.39, 0.29) is 23.8 Å². The minimum Gasteiger partial charge on any atom is -0.493 e. The fourth-order valence-electron chi connectivity index (χ4n) is 6.04. The van der Waals surface area contributed by atoms with E-state index in [0.29, 0.717) is 45.1 Å². The Morgan fingerprint density at radius 2 is 1.62 bits per heavy atom. The molecule has 0 amide bonds. The molecule has 2 N–H and O–H groups in total. The summed E-state index contributed by atoms with van der Waals surface area (Å²) in [6.45, 7) is 4.27. The first-order chi connectivity index (χ1) is 23.4. The molecule has 0 spiro atoms. The summed E-state index contributed by atoms with van der Waals surface area (Å²) in [6, 6.07) is 28.7. The van der Waals surface area contributed by atoms with Crippen molar-refractivity contribution in [2.75, 3.05) is 26.3 Å². The molecule has 4 aromatic carbocycles. The topological polar surface area (TPSA) is 130 Å². The number of ether oxygens (including phenoxy) is 4. The predicted octanol–water partition coefficient (Wildman–Crippen LogP) is 6.03. The third-order valence-electron chi connectivity index (χ3n) is 8.45. The van der Waals surface area contributed by atoms with Crippen LogP contribution in [-0.2, 0) is 16.1 Å². The number of benzene rings is 4. The molecule has 0 aliphatic carbocycles. The Kier molecular flexibility index (Phi) is 10.9. The summed E-state index contributed by atoms with van der Waals surface area (Å²) in [5.74, 6) is 1.18. The van der Waals surface area contributed by atoms with Crippen LogP contribution in [0.2, 0.25) is 0 Å². The van der Waals surface area contributed by atoms with Crippen molar-refractivity contribution in [2.45, 2.75) is 50.4 Å². The molecular weight excluding hydrogens is 612 g/mol. The summed E-state index contributed by atoms with van der Waals surface area (Å²) in [6.07, 6.45) is 3.88. The zero-order valence-corrected chi connectivity index (χ0v) is 26.8. The van der Waals surface area contributed by atoms with Crippen LogP contribution in [0.1, 0.15) is 36.6 Å². The first-order valence-corrected chi connectivity index (χ1v) is 16.2. The fraction of sp³-hybridized carbons (Fsp3) is 0.324. The molecule has 1 saturated heterocycles. The van der Waals surface area contributed by atoms with Crippen LogP contribution in [0.15, 0.2) is 110 Å². The fourth-order valence-corrected chi connectivity index (χ4v) is 6.04. The zero-order chi connectivity index (χ0) is 33.3. The standard InChI is InChI=1S/C37H40N4O7/c1-26(42)37(40-18-17-38-25-40)48-35-23-39-22-34(47-24-27-7-8-28-5-2-3-6-30(28)21-27)36(35)29-9-13-32(14-10-29)45-19-4-20-46-33-15-11-31(12-16-33)41(43)44/h2-3,5-18,21,25-26,34-37,39,42H,4,19-20,22-24H2,1H3/t26?,34-,35+,36+,37?/m0/s1. The van der Waals surface area contributed by atoms with Gasteiger partial charge in [-0.05, 0) is 59.2 Å². The van der Waals surface area contributed by atoms with E-state index in [1.54, 1.807) is 42.3 Å². The number of aliphatic hydroxyl groups is 1. The van der Waals surface area contributed by atoms with Crippen LogP contribution in [0, 0.1) is 10.1 Å². The van der Waals surface area contributed by atoms with E-state index in [9.17, 15) is 15.2 Å². The molecule has 0 saturated carbocycles. The highest BCUT2D eigenvalue weighted by molar-refractivity contribution is 5.82. The second kappa shape index (κ2) is 15.9. The molecule has 2 heterocycles. The summed E-state index contributed by atoms with van der Waals surface area (Å²) in [5, 5.41) is 27.3. The lowest BCUT2D eigenvalue weighted by atomic mass is 9.85. The number of non-ortho nitro benzene ring substituents is 1. The Morgan fingerprint density at radius 3 is 2.29 bits per heavy atom. The average Bonchev–Trinajstić information content (AvgIpc) is 3.65. The predicted molar refractivity (Wildman–Crippen MR) is 181 cm³/mol. The molecule has 48 heavy (non-hydrogen) atoms. The number of hydrogen-bond donors (Lipinski definition) is 2. The number of imidazole rings is 1. The number of nitrogens with zero attached hydrogens (tertiary/aromatic N) is 3. The summed E-state index contributed by atoms with van der Waals surface area (Å²) in [7, 11) is 0. The number of hydrogen-bond acceptors (Lipinski definition) is 9. The zero-order valence-electron chi connectivity index (χ0n) is 26.8. The highest BCUT2D eigenvalue weighted by Gasteiger charge is 2.38. The lowest BCUT2D eigenvalue weighted by Crippen LogP contribution is -2.51. The van der Waals surface area contributed by atoms with Crippen molar-refractivity contribution in [3.05, 3.63) is 131 Å². The van der Waals surface area contributed by atoms with Crippen molar-refractivity contribution in [3.63, 3.8) is 0 Å². The van der Waals surface area contributed by atoms with Gasteiger partial charge in [0.05, 0.1) is 49.4 Å². The summed E-state index contributed by atoms with van der Waals surface area (Å²) in [4.78, 5) is 14.6. The molecule has 2 unspecified atom stereocenters. The van der Waals surface area contributed by atoms with Crippen molar-refractivity contribution in [2.24, 2.45) is 0 Å². The summed E-state index contributed by atoms with van der Waals surface area (Å²) >= 11 is 0. The van der Waals surface area contributed by atoms with Crippen LogP contribution >= 0.6 is 0 Å². The number of rotatable bonds is 15. The molecule has 6 rings (SSSR count). The van der Waals surface area contributed by atoms with Crippen LogP contribution in [0.4, 0.5) is 5.69 Å². The maximum Gasteiger partial charge on any atom is 0.269 e. The first kappa shape index (κ1) is 33.1. The quantitative estimate of drug-likeness (QED) is 0.0791. The third kappa shape index (κ3) is 8.36. The lowest BCUT2D eigenvalue weighted by molar-refractivity contribution is -0.384. The second-order valence-corrected chi connectivity index (χ2v) is 11.9. The number of nitro groups is 1. The maximum absolute atomic E-state index is 10.8. The van der Waals surface area contributed by atoms with E-state index in [2.05, 4.69) is 52.8 Å². The summed E-state index contributed by atoms with van der Waals surface area (Å²) < 4.78 is 26.7. The van der Waals surface area contributed by atoms with E-state index >= 15 is 0 Å². The van der Waals surface area contributed by atoms with E-state index in [4.69, 9.17) is 18.9 Å². The summed E-state index contributed by atoms with van der Waals surface area (Å²) in [5.41, 5.74) is 2.17. The van der Waals surface area contributed by atoms with Gasteiger partial charge < -0.3 is 33.9 Å². The van der Waals surface area contributed by atoms with Gasteiger partial charge in [-0.25, -0.2) is 4.98 Å². The number of piperidine rings is 1. The highest BCUT2D eigenvalue weighted by Crippen LogP contribution is 2.34. The number of nitrogens with one attached hydrogen (secondary N) is 1. The van der Waals surface area contributed by atoms with Crippen molar-refractivity contribution in [1.82, 2.24) is 14.9 Å². The van der Waals surface area contributed by atoms with Gasteiger partial charge in [0.25, 0.3) is 5.69 Å². The molecule has 1 aromatic heterocycles. The van der Waals surface area contributed by atoms with Gasteiger partial charge in [-0.3, -0.25) is 10.1 Å². The van der Waals surface area contributed by atoms with Crippen molar-refractivity contribution in [3.8, 4) is 11.5 Å². The molecule has 0 radical (unpaired) electrons. The van der Waals surface area contributed by atoms with Crippen LogP contribution in [-0.4, -0.2) is 64.2 Å². The van der Waals surface area contributed by atoms with Gasteiger partial charge >= 0.3 is 0 Å². The first-order valence-electron chi connectivity index (χ1n) is 16.2. The molecule has 11 heteroatoms. The van der Waals surface area contributed by atoms with Crippen molar-refractivity contribution >= 4 is 16.5 Å². The van der Waals surface area contributed by atoms with Gasteiger partial charge in [-0.15, -0.1) is 0 Å². The van der Waals surface area contributed by atoms with Gasteiger partial charge in [-0.1, -0.05) is 48.5 Å². The molecule has 1 fully saturated rings. The SMILES string of the molecule is CC(O)C(O[C@@H]1CNC[C@H](OCc2ccc3ccccc3c2)[C@H]1c1ccc(OCCCOc2ccc([N+](=O)[O-])cc2)cc1)n1ccnc1. The Labute approximate surface area is 279 Å². The van der Waals surface area contributed by atoms with Crippen molar-refractivity contribution in [1.29, 1.82) is 0 Å². The number of aromatic nitrogens is 2. The average molecular weight is 653 g/mol. The molecule has 0 bridgehead atoms. The normalized spacial score (nSPS) is 19.1. The Bertz CT molecular complexity index is 1750. The van der Waals surface area contributed by atoms with Crippen LogP contribution in [0.5, 0.6) is 11.5 Å². The second-order valence-electron chi connectivity index (χ2n) is 11.9. The monoisotopic (exact) mass is 652 g/mol. The minimum absolute atomic E-state index is 0.0280. The van der Waals surface area contributed by atoms with Gasteiger partial charge in [0.2, 0.25) is 0 Å². The van der Waals surface area contributed by atoms with E-state index in [1.807, 2.05) is 24.3 Å². The third-order valence-corrected chi connectivity index (χ3v) is 8.45. The van der Waals surface area contributed by atoms with Crippen LogP contribution in [0.25, 0.3) is 10.8 Å². The van der Waals surface area contributed by atoms with Crippen LogP contribution in [0.3, 0.4) is 0 Å². The highest BCUT2D eigenvalue weighted by atomic mass is 16.6. The van der Waals surface area contributed by atoms with Gasteiger partial charge in [0, 0.05) is 50.0 Å². The molecule has 5 atom stereocenters. The Balaban J connectivity index is 1.12. The minimum atomic E-state index is -0.765. The number of aliphatic hydroxyl groups excluding tert-OH is 1. The molecule has 1 aliphatic heterocycles. The Hall–Kier alpha value is -4.81. The van der Waals surface area contributed by atoms with E-state index in [0.717, 1.165) is 16.9 Å². The van der Waals surface area contributed by atoms with Gasteiger partial charge in [0.15, 0.2) is 6.23 Å². The smallest absolute Gasteiger partial charge is 0.269 e. The van der Waals surface area contributed by atoms with Gasteiger partial charge in [0.1, 0.15) is 11.5 Å². The van der Waals surface area contributed by atoms with E-state index in [1.165, 1.54) is 22.9 Å². The molecule has 250 valence electrons.